The van der Waals surface area contributed by atoms with Crippen molar-refractivity contribution in [3.05, 3.63) is 34.3 Å². The van der Waals surface area contributed by atoms with E-state index in [1.54, 1.807) is 0 Å². The molecule has 3 heteroatoms. The maximum absolute atomic E-state index is 9.95. The van der Waals surface area contributed by atoms with Crippen LogP contribution < -0.4 is 0 Å². The lowest BCUT2D eigenvalue weighted by Gasteiger charge is -2.12. The Balaban J connectivity index is 2.23. The summed E-state index contributed by atoms with van der Waals surface area (Å²) < 4.78 is 6.49. The van der Waals surface area contributed by atoms with E-state index < -0.39 is 6.10 Å². The average molecular weight is 301 g/mol. The van der Waals surface area contributed by atoms with Crippen molar-refractivity contribution >= 4 is 15.9 Å². The van der Waals surface area contributed by atoms with Crippen LogP contribution in [0.5, 0.6) is 0 Å². The summed E-state index contributed by atoms with van der Waals surface area (Å²) >= 11 is 3.40. The summed E-state index contributed by atoms with van der Waals surface area (Å²) in [5.74, 6) is 0.671. The van der Waals surface area contributed by atoms with E-state index in [0.717, 1.165) is 23.1 Å². The van der Waals surface area contributed by atoms with E-state index >= 15 is 0 Å². The van der Waals surface area contributed by atoms with Gasteiger partial charge in [0.15, 0.2) is 0 Å². The van der Waals surface area contributed by atoms with Crippen LogP contribution in [0.4, 0.5) is 0 Å². The van der Waals surface area contributed by atoms with E-state index in [0.29, 0.717) is 18.9 Å². The van der Waals surface area contributed by atoms with Crippen LogP contribution in [0.15, 0.2) is 28.7 Å². The molecular weight excluding hydrogens is 280 g/mol. The smallest absolute Gasteiger partial charge is 0.0812 e. The maximum atomic E-state index is 9.95. The first-order valence-corrected chi connectivity index (χ1v) is 6.90. The number of hydrogen-bond donors (Lipinski definition) is 1. The van der Waals surface area contributed by atoms with E-state index in [4.69, 9.17) is 4.74 Å². The van der Waals surface area contributed by atoms with Gasteiger partial charge in [-0.05, 0) is 30.0 Å². The molecule has 1 atom stereocenters. The number of hydrogen-bond acceptors (Lipinski definition) is 2. The molecule has 0 aromatic heterocycles. The summed E-state index contributed by atoms with van der Waals surface area (Å²) in [5.41, 5.74) is 0.937. The van der Waals surface area contributed by atoms with Crippen molar-refractivity contribution in [3.8, 4) is 0 Å². The standard InChI is InChI=1S/C14H21BrO2/c1-11(2)6-8-17-9-7-14(16)12-4-3-5-13(15)10-12/h3-5,10-11,14,16H,6-9H2,1-2H3. The van der Waals surface area contributed by atoms with Crippen LogP contribution in [0.3, 0.4) is 0 Å². The van der Waals surface area contributed by atoms with Crippen LogP contribution in [0.2, 0.25) is 0 Å². The zero-order valence-corrected chi connectivity index (χ0v) is 12.1. The Hall–Kier alpha value is -0.380. The van der Waals surface area contributed by atoms with Crippen LogP contribution >= 0.6 is 15.9 Å². The zero-order valence-electron chi connectivity index (χ0n) is 10.5. The third-order valence-corrected chi connectivity index (χ3v) is 3.10. The second-order valence-electron chi connectivity index (χ2n) is 4.65. The van der Waals surface area contributed by atoms with Crippen molar-refractivity contribution in [3.63, 3.8) is 0 Å². The molecule has 0 fully saturated rings. The molecule has 1 unspecified atom stereocenters. The molecule has 0 aliphatic heterocycles. The minimum Gasteiger partial charge on any atom is -0.388 e. The lowest BCUT2D eigenvalue weighted by Crippen LogP contribution is -2.05. The molecule has 0 saturated heterocycles. The molecule has 96 valence electrons. The fourth-order valence-corrected chi connectivity index (χ4v) is 1.91. The fourth-order valence-electron chi connectivity index (χ4n) is 1.50. The molecule has 17 heavy (non-hydrogen) atoms. The lowest BCUT2D eigenvalue weighted by molar-refractivity contribution is 0.0767. The number of rotatable bonds is 7. The predicted molar refractivity (Wildman–Crippen MR) is 74.0 cm³/mol. The molecule has 0 amide bonds. The SMILES string of the molecule is CC(C)CCOCCC(O)c1cccc(Br)c1. The molecule has 2 nitrogen and oxygen atoms in total. The maximum Gasteiger partial charge on any atom is 0.0812 e. The quantitative estimate of drug-likeness (QED) is 0.773. The highest BCUT2D eigenvalue weighted by Gasteiger charge is 2.07. The van der Waals surface area contributed by atoms with E-state index in [1.807, 2.05) is 24.3 Å². The van der Waals surface area contributed by atoms with Gasteiger partial charge in [-0.3, -0.25) is 0 Å². The van der Waals surface area contributed by atoms with Gasteiger partial charge in [0.2, 0.25) is 0 Å². The molecule has 1 aromatic rings. The Morgan fingerprint density at radius 1 is 1.24 bits per heavy atom. The van der Waals surface area contributed by atoms with Crippen LogP contribution in [0.1, 0.15) is 38.4 Å². The molecule has 1 rings (SSSR count). The van der Waals surface area contributed by atoms with Crippen molar-refractivity contribution < 1.29 is 9.84 Å². The molecule has 0 bridgehead atoms. The summed E-state index contributed by atoms with van der Waals surface area (Å²) in [6.07, 6.45) is 1.29. The molecule has 1 N–H and O–H groups in total. The van der Waals surface area contributed by atoms with Gasteiger partial charge in [0.25, 0.3) is 0 Å². The van der Waals surface area contributed by atoms with E-state index in [2.05, 4.69) is 29.8 Å². The summed E-state index contributed by atoms with van der Waals surface area (Å²) in [5, 5.41) is 9.95. The molecular formula is C14H21BrO2. The molecule has 1 aromatic carbocycles. The second kappa shape index (κ2) is 7.85. The van der Waals surface area contributed by atoms with Crippen molar-refractivity contribution in [2.24, 2.45) is 5.92 Å². The van der Waals surface area contributed by atoms with Gasteiger partial charge >= 0.3 is 0 Å². The molecule has 0 spiro atoms. The van der Waals surface area contributed by atoms with Gasteiger partial charge in [0.1, 0.15) is 0 Å². The molecule has 0 aliphatic rings. The molecule has 0 saturated carbocycles. The summed E-state index contributed by atoms with van der Waals surface area (Å²) in [6.45, 7) is 5.75. The van der Waals surface area contributed by atoms with E-state index in [-0.39, 0.29) is 0 Å². The largest absolute Gasteiger partial charge is 0.388 e. The Morgan fingerprint density at radius 2 is 1.94 bits per heavy atom. The highest BCUT2D eigenvalue weighted by Crippen LogP contribution is 2.20. The average Bonchev–Trinajstić information content (AvgIpc) is 2.28. The Kier molecular flexibility index (Phi) is 6.78. The third-order valence-electron chi connectivity index (χ3n) is 2.61. The minimum absolute atomic E-state index is 0.438. The van der Waals surface area contributed by atoms with Gasteiger partial charge in [-0.25, -0.2) is 0 Å². The number of aliphatic hydroxyl groups is 1. The van der Waals surface area contributed by atoms with Gasteiger partial charge < -0.3 is 9.84 Å². The summed E-state index contributed by atoms with van der Waals surface area (Å²) in [4.78, 5) is 0. The van der Waals surface area contributed by atoms with Crippen LogP contribution in [0, 0.1) is 5.92 Å². The van der Waals surface area contributed by atoms with Crippen molar-refractivity contribution in [2.75, 3.05) is 13.2 Å². The highest BCUT2D eigenvalue weighted by molar-refractivity contribution is 9.10. The lowest BCUT2D eigenvalue weighted by atomic mass is 10.1. The minimum atomic E-state index is -0.438. The van der Waals surface area contributed by atoms with Crippen molar-refractivity contribution in [1.82, 2.24) is 0 Å². The highest BCUT2D eigenvalue weighted by atomic mass is 79.9. The van der Waals surface area contributed by atoms with E-state index in [1.165, 1.54) is 0 Å². The van der Waals surface area contributed by atoms with Crippen LogP contribution in [-0.4, -0.2) is 18.3 Å². The van der Waals surface area contributed by atoms with Crippen molar-refractivity contribution in [1.29, 1.82) is 0 Å². The first-order valence-electron chi connectivity index (χ1n) is 6.11. The van der Waals surface area contributed by atoms with E-state index in [9.17, 15) is 5.11 Å². The van der Waals surface area contributed by atoms with Gasteiger partial charge in [-0.15, -0.1) is 0 Å². The summed E-state index contributed by atoms with van der Waals surface area (Å²) in [6, 6.07) is 7.76. The van der Waals surface area contributed by atoms with Crippen LogP contribution in [0.25, 0.3) is 0 Å². The second-order valence-corrected chi connectivity index (χ2v) is 5.57. The number of ether oxygens (including phenoxy) is 1. The topological polar surface area (TPSA) is 29.5 Å². The molecule has 0 heterocycles. The number of halogens is 1. The van der Waals surface area contributed by atoms with Gasteiger partial charge in [0, 0.05) is 24.1 Å². The monoisotopic (exact) mass is 300 g/mol. The summed E-state index contributed by atoms with van der Waals surface area (Å²) in [7, 11) is 0. The number of aliphatic hydroxyl groups excluding tert-OH is 1. The first-order chi connectivity index (χ1) is 8.09. The van der Waals surface area contributed by atoms with Gasteiger partial charge in [0.05, 0.1) is 6.10 Å². The van der Waals surface area contributed by atoms with Crippen molar-refractivity contribution in [2.45, 2.75) is 32.8 Å². The Labute approximate surface area is 112 Å². The van der Waals surface area contributed by atoms with Gasteiger partial charge in [-0.2, -0.15) is 0 Å². The third kappa shape index (κ3) is 6.20. The Bertz CT molecular complexity index is 326. The Morgan fingerprint density at radius 3 is 2.59 bits per heavy atom. The molecule has 0 aliphatic carbocycles. The fraction of sp³-hybridized carbons (Fsp3) is 0.571. The molecule has 0 radical (unpaired) electrons. The number of benzene rings is 1. The van der Waals surface area contributed by atoms with Gasteiger partial charge in [-0.1, -0.05) is 41.9 Å². The predicted octanol–water partition coefficient (Wildman–Crippen LogP) is 3.94. The first kappa shape index (κ1) is 14.7. The normalized spacial score (nSPS) is 13.0. The zero-order chi connectivity index (χ0) is 12.7. The van der Waals surface area contributed by atoms with Crippen LogP contribution in [-0.2, 0) is 4.74 Å².